The van der Waals surface area contributed by atoms with Gasteiger partial charge < -0.3 is 5.11 Å². The molecule has 1 N–H and O–H groups in total. The average Bonchev–Trinajstić information content (AvgIpc) is 2.32. The van der Waals surface area contributed by atoms with Crippen molar-refractivity contribution in [1.29, 1.82) is 0 Å². The van der Waals surface area contributed by atoms with Crippen molar-refractivity contribution < 1.29 is 9.50 Å². The van der Waals surface area contributed by atoms with Crippen LogP contribution in [0.25, 0.3) is 0 Å². The molecule has 0 heterocycles. The second-order valence-corrected chi connectivity index (χ2v) is 5.78. The van der Waals surface area contributed by atoms with Crippen molar-refractivity contribution in [3.63, 3.8) is 0 Å². The number of benzene rings is 2. The maximum absolute atomic E-state index is 13.8. The van der Waals surface area contributed by atoms with E-state index in [9.17, 15) is 9.50 Å². The first-order valence-electron chi connectivity index (χ1n) is 6.20. The fourth-order valence-electron chi connectivity index (χ4n) is 2.04. The third kappa shape index (κ3) is 3.17. The molecule has 0 aliphatic rings. The molecule has 0 amide bonds. The summed E-state index contributed by atoms with van der Waals surface area (Å²) in [6.07, 6.45) is -0.811. The Labute approximate surface area is 117 Å². The van der Waals surface area contributed by atoms with Gasteiger partial charge in [0.1, 0.15) is 5.82 Å². The van der Waals surface area contributed by atoms with Crippen LogP contribution in [0, 0.1) is 19.7 Å². The molecule has 0 fully saturated rings. The SMILES string of the molecule is Cc1ccc(Sc2cccc(F)c2C(C)O)c(C)c1. The van der Waals surface area contributed by atoms with Gasteiger partial charge in [-0.25, -0.2) is 4.39 Å². The molecule has 0 spiro atoms. The normalized spacial score (nSPS) is 12.5. The highest BCUT2D eigenvalue weighted by Crippen LogP contribution is 2.36. The number of hydrogen-bond donors (Lipinski definition) is 1. The minimum atomic E-state index is -0.811. The van der Waals surface area contributed by atoms with Crippen molar-refractivity contribution >= 4 is 11.8 Å². The highest BCUT2D eigenvalue weighted by atomic mass is 32.2. The highest BCUT2D eigenvalue weighted by molar-refractivity contribution is 7.99. The van der Waals surface area contributed by atoms with E-state index >= 15 is 0 Å². The summed E-state index contributed by atoms with van der Waals surface area (Å²) in [6.45, 7) is 5.67. The number of aryl methyl sites for hydroxylation is 2. The molecule has 1 nitrogen and oxygen atoms in total. The predicted octanol–water partition coefficient (Wildman–Crippen LogP) is 4.65. The van der Waals surface area contributed by atoms with Crippen LogP contribution in [0.5, 0.6) is 0 Å². The molecule has 0 aliphatic carbocycles. The monoisotopic (exact) mass is 276 g/mol. The van der Waals surface area contributed by atoms with Crippen molar-refractivity contribution in [2.24, 2.45) is 0 Å². The van der Waals surface area contributed by atoms with Crippen molar-refractivity contribution in [3.8, 4) is 0 Å². The van der Waals surface area contributed by atoms with Gasteiger partial charge in [0.15, 0.2) is 0 Å². The van der Waals surface area contributed by atoms with Crippen molar-refractivity contribution in [1.82, 2.24) is 0 Å². The largest absolute Gasteiger partial charge is 0.389 e. The van der Waals surface area contributed by atoms with Gasteiger partial charge in [0.2, 0.25) is 0 Å². The molecule has 0 aromatic heterocycles. The summed E-state index contributed by atoms with van der Waals surface area (Å²) < 4.78 is 13.8. The van der Waals surface area contributed by atoms with E-state index in [2.05, 4.69) is 6.07 Å². The van der Waals surface area contributed by atoms with E-state index in [0.29, 0.717) is 5.56 Å². The molecule has 100 valence electrons. The van der Waals surface area contributed by atoms with Gasteiger partial charge in [-0.05, 0) is 44.5 Å². The molecule has 0 aliphatic heterocycles. The molecule has 1 unspecified atom stereocenters. The fraction of sp³-hybridized carbons (Fsp3) is 0.250. The number of aliphatic hydroxyl groups excluding tert-OH is 1. The summed E-state index contributed by atoms with van der Waals surface area (Å²) in [5.41, 5.74) is 2.73. The smallest absolute Gasteiger partial charge is 0.130 e. The third-order valence-electron chi connectivity index (χ3n) is 2.98. The van der Waals surface area contributed by atoms with E-state index < -0.39 is 6.10 Å². The lowest BCUT2D eigenvalue weighted by atomic mass is 10.1. The minimum absolute atomic E-state index is 0.357. The van der Waals surface area contributed by atoms with Gasteiger partial charge in [-0.1, -0.05) is 35.5 Å². The summed E-state index contributed by atoms with van der Waals surface area (Å²) in [6, 6.07) is 11.1. The molecule has 0 radical (unpaired) electrons. The molecule has 2 aromatic rings. The van der Waals surface area contributed by atoms with Gasteiger partial charge in [0, 0.05) is 15.4 Å². The molecular formula is C16H17FOS. The second-order valence-electron chi connectivity index (χ2n) is 4.70. The first kappa shape index (κ1) is 14.1. The lowest BCUT2D eigenvalue weighted by Crippen LogP contribution is -1.98. The van der Waals surface area contributed by atoms with Crippen LogP contribution < -0.4 is 0 Å². The number of halogens is 1. The standard InChI is InChI=1S/C16H17FOS/c1-10-7-8-14(11(2)9-10)19-15-6-4-5-13(17)16(15)12(3)18/h4-9,12,18H,1-3H3. The predicted molar refractivity (Wildman–Crippen MR) is 77.1 cm³/mol. The van der Waals surface area contributed by atoms with Crippen molar-refractivity contribution in [2.45, 2.75) is 36.7 Å². The van der Waals surface area contributed by atoms with E-state index in [4.69, 9.17) is 0 Å². The van der Waals surface area contributed by atoms with E-state index in [1.165, 1.54) is 23.4 Å². The fourth-order valence-corrected chi connectivity index (χ4v) is 3.16. The van der Waals surface area contributed by atoms with Crippen LogP contribution in [-0.2, 0) is 0 Å². The second kappa shape index (κ2) is 5.76. The van der Waals surface area contributed by atoms with E-state index in [0.717, 1.165) is 15.4 Å². The highest BCUT2D eigenvalue weighted by Gasteiger charge is 2.14. The molecular weight excluding hydrogens is 259 g/mol. The zero-order valence-electron chi connectivity index (χ0n) is 11.3. The average molecular weight is 276 g/mol. The first-order valence-corrected chi connectivity index (χ1v) is 7.02. The molecule has 0 bridgehead atoms. The third-order valence-corrected chi connectivity index (χ3v) is 4.23. The van der Waals surface area contributed by atoms with Crippen LogP contribution in [0.3, 0.4) is 0 Å². The number of hydrogen-bond acceptors (Lipinski definition) is 2. The molecule has 0 saturated heterocycles. The summed E-state index contributed by atoms with van der Waals surface area (Å²) in [5, 5.41) is 9.72. The summed E-state index contributed by atoms with van der Waals surface area (Å²) in [7, 11) is 0. The maximum Gasteiger partial charge on any atom is 0.130 e. The van der Waals surface area contributed by atoms with Gasteiger partial charge in [-0.3, -0.25) is 0 Å². The van der Waals surface area contributed by atoms with E-state index in [-0.39, 0.29) is 5.82 Å². The van der Waals surface area contributed by atoms with Gasteiger partial charge >= 0.3 is 0 Å². The topological polar surface area (TPSA) is 20.2 Å². The lowest BCUT2D eigenvalue weighted by molar-refractivity contribution is 0.191. The molecule has 0 saturated carbocycles. The Hall–Kier alpha value is -1.32. The summed E-state index contributed by atoms with van der Waals surface area (Å²) >= 11 is 1.49. The van der Waals surface area contributed by atoms with Gasteiger partial charge in [0.05, 0.1) is 6.10 Å². The Morgan fingerprint density at radius 2 is 1.84 bits per heavy atom. The lowest BCUT2D eigenvalue weighted by Gasteiger charge is -2.14. The molecule has 2 aromatic carbocycles. The Kier molecular flexibility index (Phi) is 4.27. The van der Waals surface area contributed by atoms with Gasteiger partial charge in [-0.15, -0.1) is 0 Å². The number of rotatable bonds is 3. The molecule has 19 heavy (non-hydrogen) atoms. The molecule has 3 heteroatoms. The van der Waals surface area contributed by atoms with E-state index in [1.807, 2.05) is 32.0 Å². The van der Waals surface area contributed by atoms with Crippen LogP contribution in [-0.4, -0.2) is 5.11 Å². The number of aliphatic hydroxyl groups is 1. The zero-order chi connectivity index (χ0) is 14.0. The van der Waals surface area contributed by atoms with Crippen LogP contribution in [0.15, 0.2) is 46.2 Å². The Morgan fingerprint density at radius 3 is 2.47 bits per heavy atom. The van der Waals surface area contributed by atoms with Crippen molar-refractivity contribution in [3.05, 3.63) is 58.9 Å². The van der Waals surface area contributed by atoms with Crippen LogP contribution in [0.4, 0.5) is 4.39 Å². The summed E-state index contributed by atoms with van der Waals surface area (Å²) in [5.74, 6) is -0.357. The molecule has 1 atom stereocenters. The summed E-state index contributed by atoms with van der Waals surface area (Å²) in [4.78, 5) is 1.85. The Bertz CT molecular complexity index is 593. The Balaban J connectivity index is 2.41. The van der Waals surface area contributed by atoms with Crippen molar-refractivity contribution in [2.75, 3.05) is 0 Å². The van der Waals surface area contributed by atoms with Gasteiger partial charge in [-0.2, -0.15) is 0 Å². The maximum atomic E-state index is 13.8. The first-order chi connectivity index (χ1) is 8.99. The quantitative estimate of drug-likeness (QED) is 0.880. The van der Waals surface area contributed by atoms with E-state index in [1.54, 1.807) is 13.0 Å². The zero-order valence-corrected chi connectivity index (χ0v) is 12.1. The van der Waals surface area contributed by atoms with Crippen LogP contribution in [0.1, 0.15) is 29.7 Å². The molecule has 2 rings (SSSR count). The minimum Gasteiger partial charge on any atom is -0.389 e. The van der Waals surface area contributed by atoms with Crippen LogP contribution >= 0.6 is 11.8 Å². The van der Waals surface area contributed by atoms with Gasteiger partial charge in [0.25, 0.3) is 0 Å². The Morgan fingerprint density at radius 1 is 1.11 bits per heavy atom. The van der Waals surface area contributed by atoms with Crippen LogP contribution in [0.2, 0.25) is 0 Å².